The first-order chi connectivity index (χ1) is 17.0. The third-order valence-corrected chi connectivity index (χ3v) is 7.73. The van der Waals surface area contributed by atoms with Crippen LogP contribution in [0.3, 0.4) is 0 Å². The van der Waals surface area contributed by atoms with E-state index < -0.39 is 12.1 Å². The number of nitrogens with zero attached hydrogens (tertiary/aromatic N) is 1. The van der Waals surface area contributed by atoms with Crippen LogP contribution in [-0.2, 0) is 14.3 Å². The molecular weight excluding hydrogens is 444 g/mol. The van der Waals surface area contributed by atoms with Gasteiger partial charge in [-0.1, -0.05) is 61.0 Å². The van der Waals surface area contributed by atoms with Gasteiger partial charge in [0.15, 0.2) is 0 Å². The molecule has 2 aromatic rings. The normalized spacial score (nSPS) is 18.1. The van der Waals surface area contributed by atoms with Gasteiger partial charge in [-0.25, -0.2) is 9.59 Å². The van der Waals surface area contributed by atoms with E-state index >= 15 is 0 Å². The molecule has 5 rings (SSSR count). The third-order valence-electron chi connectivity index (χ3n) is 7.73. The van der Waals surface area contributed by atoms with Crippen LogP contribution >= 0.6 is 0 Å². The zero-order valence-electron chi connectivity index (χ0n) is 19.7. The summed E-state index contributed by atoms with van der Waals surface area (Å²) in [6.45, 7) is 1.42. The van der Waals surface area contributed by atoms with E-state index in [1.807, 2.05) is 24.3 Å². The number of carboxylic acids is 1. The van der Waals surface area contributed by atoms with Crippen LogP contribution in [0.15, 0.2) is 60.2 Å². The second-order valence-corrected chi connectivity index (χ2v) is 9.83. The molecule has 3 aliphatic rings. The maximum Gasteiger partial charge on any atom is 0.407 e. The number of aliphatic carboxylic acids is 1. The number of amides is 2. The van der Waals surface area contributed by atoms with Crippen molar-refractivity contribution in [2.45, 2.75) is 38.0 Å². The van der Waals surface area contributed by atoms with E-state index in [4.69, 9.17) is 9.84 Å². The fourth-order valence-electron chi connectivity index (χ4n) is 5.52. The molecule has 2 N–H and O–H groups in total. The van der Waals surface area contributed by atoms with E-state index in [1.54, 1.807) is 11.0 Å². The van der Waals surface area contributed by atoms with Crippen LogP contribution in [0, 0.1) is 5.41 Å². The summed E-state index contributed by atoms with van der Waals surface area (Å²) in [5.74, 6) is -0.894. The van der Waals surface area contributed by atoms with E-state index in [-0.39, 0.29) is 23.8 Å². The van der Waals surface area contributed by atoms with Crippen molar-refractivity contribution in [2.75, 3.05) is 26.2 Å². The van der Waals surface area contributed by atoms with Crippen molar-refractivity contribution < 1.29 is 24.2 Å². The largest absolute Gasteiger partial charge is 0.478 e. The molecule has 7 heteroatoms. The van der Waals surface area contributed by atoms with Gasteiger partial charge in [0.1, 0.15) is 6.61 Å². The summed E-state index contributed by atoms with van der Waals surface area (Å²) >= 11 is 0. The number of rotatable bonds is 7. The summed E-state index contributed by atoms with van der Waals surface area (Å²) in [5, 5.41) is 12.0. The average Bonchev–Trinajstić information content (AvgIpc) is 3.18. The van der Waals surface area contributed by atoms with Crippen LogP contribution in [0.1, 0.15) is 49.1 Å². The highest BCUT2D eigenvalue weighted by Crippen LogP contribution is 2.45. The molecule has 0 saturated heterocycles. The quantitative estimate of drug-likeness (QED) is 0.623. The molecule has 1 aliphatic heterocycles. The highest BCUT2D eigenvalue weighted by atomic mass is 16.5. The minimum atomic E-state index is -0.917. The van der Waals surface area contributed by atoms with Gasteiger partial charge in [-0.15, -0.1) is 0 Å². The topological polar surface area (TPSA) is 95.9 Å². The lowest BCUT2D eigenvalue weighted by molar-refractivity contribution is -0.137. The molecule has 2 amide bonds. The van der Waals surface area contributed by atoms with E-state index in [0.717, 1.165) is 19.3 Å². The van der Waals surface area contributed by atoms with Crippen LogP contribution in [0.2, 0.25) is 0 Å². The molecule has 35 heavy (non-hydrogen) atoms. The fraction of sp³-hybridized carbons (Fsp3) is 0.393. The molecule has 0 bridgehead atoms. The number of fused-ring (bicyclic) bond motifs is 3. The molecule has 1 fully saturated rings. The van der Waals surface area contributed by atoms with Crippen LogP contribution in [0.25, 0.3) is 11.1 Å². The van der Waals surface area contributed by atoms with Gasteiger partial charge in [0.25, 0.3) is 0 Å². The molecule has 1 heterocycles. The second-order valence-electron chi connectivity index (χ2n) is 9.83. The molecule has 1 saturated carbocycles. The smallest absolute Gasteiger partial charge is 0.407 e. The van der Waals surface area contributed by atoms with E-state index in [2.05, 4.69) is 29.6 Å². The van der Waals surface area contributed by atoms with Crippen molar-refractivity contribution in [1.82, 2.24) is 10.2 Å². The number of hydrogen-bond donors (Lipinski definition) is 2. The predicted molar refractivity (Wildman–Crippen MR) is 131 cm³/mol. The van der Waals surface area contributed by atoms with Gasteiger partial charge >= 0.3 is 12.1 Å². The Hall–Kier alpha value is -3.61. The van der Waals surface area contributed by atoms with Crippen molar-refractivity contribution in [3.05, 3.63) is 71.3 Å². The number of carbonyl (C=O) groups is 3. The minimum Gasteiger partial charge on any atom is -0.478 e. The lowest BCUT2D eigenvalue weighted by atomic mass is 9.66. The maximum absolute atomic E-state index is 12.9. The molecule has 0 radical (unpaired) electrons. The van der Waals surface area contributed by atoms with Crippen molar-refractivity contribution in [3.8, 4) is 11.1 Å². The molecule has 0 spiro atoms. The summed E-state index contributed by atoms with van der Waals surface area (Å²) in [6, 6.07) is 16.5. The third kappa shape index (κ3) is 4.67. The number of carboxylic acid groups (broad SMARTS) is 1. The van der Waals surface area contributed by atoms with Gasteiger partial charge in [-0.3, -0.25) is 4.79 Å². The van der Waals surface area contributed by atoms with Crippen LogP contribution in [0.5, 0.6) is 0 Å². The Bertz CT molecular complexity index is 1140. The first-order valence-corrected chi connectivity index (χ1v) is 12.2. The minimum absolute atomic E-state index is 0.00948. The SMILES string of the molecule is O=C(NCC1(CC(=O)N2CC=C(C(=O)O)CC2)CCC1)OCC1c2ccccc2-c2ccccc21. The van der Waals surface area contributed by atoms with E-state index in [9.17, 15) is 14.4 Å². The predicted octanol–water partition coefficient (Wildman–Crippen LogP) is 4.33. The highest BCUT2D eigenvalue weighted by Gasteiger charge is 2.40. The standard InChI is InChI=1S/C28H30N2O5/c31-25(30-14-10-19(11-15-30)26(32)33)16-28(12-5-13-28)18-29-27(34)35-17-24-22-8-3-1-6-20(22)21-7-2-4-9-23(21)24/h1-4,6-10,24H,5,11-18H2,(H,29,34)(H,32,33). The Morgan fingerprint density at radius 2 is 1.69 bits per heavy atom. The molecular formula is C28H30N2O5. The Morgan fingerprint density at radius 3 is 2.23 bits per heavy atom. The molecule has 182 valence electrons. The summed E-state index contributed by atoms with van der Waals surface area (Å²) < 4.78 is 5.65. The zero-order valence-corrected chi connectivity index (χ0v) is 19.7. The number of nitrogens with one attached hydrogen (secondary N) is 1. The van der Waals surface area contributed by atoms with E-state index in [1.165, 1.54) is 22.3 Å². The number of hydrogen-bond acceptors (Lipinski definition) is 4. The number of carbonyl (C=O) groups excluding carboxylic acids is 2. The van der Waals surface area contributed by atoms with E-state index in [0.29, 0.717) is 38.0 Å². The monoisotopic (exact) mass is 474 g/mol. The van der Waals surface area contributed by atoms with Gasteiger partial charge in [0.2, 0.25) is 5.91 Å². The molecule has 0 atom stereocenters. The first kappa shape index (κ1) is 23.1. The highest BCUT2D eigenvalue weighted by molar-refractivity contribution is 5.87. The summed E-state index contributed by atoms with van der Waals surface area (Å²) in [4.78, 5) is 38.3. The Morgan fingerprint density at radius 1 is 1.03 bits per heavy atom. The van der Waals surface area contributed by atoms with Crippen molar-refractivity contribution >= 4 is 18.0 Å². The molecule has 0 unspecified atom stereocenters. The number of alkyl carbamates (subject to hydrolysis) is 1. The van der Waals surface area contributed by atoms with Gasteiger partial charge in [0, 0.05) is 37.5 Å². The van der Waals surface area contributed by atoms with Gasteiger partial charge in [-0.05, 0) is 46.9 Å². The molecule has 2 aliphatic carbocycles. The maximum atomic E-state index is 12.9. The van der Waals surface area contributed by atoms with Crippen molar-refractivity contribution in [1.29, 1.82) is 0 Å². The second kappa shape index (κ2) is 9.56. The van der Waals surface area contributed by atoms with Crippen LogP contribution in [-0.4, -0.2) is 54.2 Å². The lowest BCUT2D eigenvalue weighted by Crippen LogP contribution is -2.47. The Balaban J connectivity index is 1.15. The zero-order chi connectivity index (χ0) is 24.4. The number of ether oxygens (including phenoxy) is 1. The van der Waals surface area contributed by atoms with Gasteiger partial charge < -0.3 is 20.1 Å². The average molecular weight is 475 g/mol. The van der Waals surface area contributed by atoms with Crippen molar-refractivity contribution in [2.24, 2.45) is 5.41 Å². The molecule has 0 aromatic heterocycles. The lowest BCUT2D eigenvalue weighted by Gasteiger charge is -2.42. The first-order valence-electron chi connectivity index (χ1n) is 12.2. The summed E-state index contributed by atoms with van der Waals surface area (Å²) in [7, 11) is 0. The van der Waals surface area contributed by atoms with Gasteiger partial charge in [-0.2, -0.15) is 0 Å². The summed E-state index contributed by atoms with van der Waals surface area (Å²) in [6.07, 6.45) is 4.67. The number of benzene rings is 2. The Labute approximate surface area is 204 Å². The molecule has 2 aromatic carbocycles. The van der Waals surface area contributed by atoms with Crippen LogP contribution in [0.4, 0.5) is 4.79 Å². The fourth-order valence-corrected chi connectivity index (χ4v) is 5.52. The summed E-state index contributed by atoms with van der Waals surface area (Å²) in [5.41, 5.74) is 4.83. The molecule has 7 nitrogen and oxygen atoms in total. The van der Waals surface area contributed by atoms with Crippen molar-refractivity contribution in [3.63, 3.8) is 0 Å². The van der Waals surface area contributed by atoms with Crippen LogP contribution < -0.4 is 5.32 Å². The Kier molecular flexibility index (Phi) is 6.32. The van der Waals surface area contributed by atoms with Gasteiger partial charge in [0.05, 0.1) is 0 Å².